The van der Waals surface area contributed by atoms with Crippen LogP contribution in [0.1, 0.15) is 25.3 Å². The first-order valence-corrected chi connectivity index (χ1v) is 5.82. The van der Waals surface area contributed by atoms with Crippen LogP contribution in [0.4, 0.5) is 0 Å². The summed E-state index contributed by atoms with van der Waals surface area (Å²) < 4.78 is 0. The van der Waals surface area contributed by atoms with Crippen molar-refractivity contribution in [3.63, 3.8) is 0 Å². The van der Waals surface area contributed by atoms with Gasteiger partial charge in [0, 0.05) is 11.6 Å². The lowest BCUT2D eigenvalue weighted by atomic mass is 9.88. The first-order chi connectivity index (χ1) is 8.15. The minimum Gasteiger partial charge on any atom is -0.385 e. The summed E-state index contributed by atoms with van der Waals surface area (Å²) in [7, 11) is 0. The number of pyridine rings is 1. The molecule has 0 saturated carbocycles. The van der Waals surface area contributed by atoms with Gasteiger partial charge in [-0.3, -0.25) is 4.98 Å². The number of rotatable bonds is 4. The lowest BCUT2D eigenvalue weighted by Gasteiger charge is -2.24. The highest BCUT2D eigenvalue weighted by molar-refractivity contribution is 5.82. The summed E-state index contributed by atoms with van der Waals surface area (Å²) in [6.07, 6.45) is 5.07. The van der Waals surface area contributed by atoms with E-state index in [0.717, 1.165) is 22.9 Å². The average Bonchev–Trinajstić information content (AvgIpc) is 2.36. The Balaban J connectivity index is 2.50. The van der Waals surface area contributed by atoms with Gasteiger partial charge in [-0.15, -0.1) is 6.58 Å². The Labute approximate surface area is 102 Å². The fraction of sp³-hybridized carbons (Fsp3) is 0.267. The van der Waals surface area contributed by atoms with E-state index in [1.165, 1.54) is 0 Å². The van der Waals surface area contributed by atoms with E-state index in [0.29, 0.717) is 6.42 Å². The minimum absolute atomic E-state index is 0.671. The lowest BCUT2D eigenvalue weighted by Crippen LogP contribution is -2.21. The van der Waals surface area contributed by atoms with E-state index in [4.69, 9.17) is 0 Å². The molecule has 2 aromatic rings. The van der Waals surface area contributed by atoms with Gasteiger partial charge < -0.3 is 5.11 Å². The maximum Gasteiger partial charge on any atom is 0.0878 e. The molecule has 17 heavy (non-hydrogen) atoms. The van der Waals surface area contributed by atoms with Crippen molar-refractivity contribution in [3.05, 3.63) is 54.7 Å². The van der Waals surface area contributed by atoms with E-state index < -0.39 is 5.60 Å². The van der Waals surface area contributed by atoms with Gasteiger partial charge in [-0.05, 0) is 37.5 Å². The molecule has 0 fully saturated rings. The van der Waals surface area contributed by atoms with Crippen molar-refractivity contribution >= 4 is 10.9 Å². The molecule has 0 aliphatic heterocycles. The molecular weight excluding hydrogens is 210 g/mol. The SMILES string of the molecule is C=CCCC(C)(O)c1cccc2ncccc12. The van der Waals surface area contributed by atoms with Crippen molar-refractivity contribution in [2.45, 2.75) is 25.4 Å². The Hall–Kier alpha value is -1.67. The number of fused-ring (bicyclic) bond motifs is 1. The van der Waals surface area contributed by atoms with E-state index in [1.807, 2.05) is 43.3 Å². The second kappa shape index (κ2) is 4.68. The van der Waals surface area contributed by atoms with Crippen molar-refractivity contribution in [1.82, 2.24) is 4.98 Å². The summed E-state index contributed by atoms with van der Waals surface area (Å²) >= 11 is 0. The predicted octanol–water partition coefficient (Wildman–Crippen LogP) is 3.41. The highest BCUT2D eigenvalue weighted by Crippen LogP contribution is 2.31. The zero-order valence-electron chi connectivity index (χ0n) is 10.1. The van der Waals surface area contributed by atoms with Crippen LogP contribution in [-0.4, -0.2) is 10.1 Å². The topological polar surface area (TPSA) is 33.1 Å². The molecule has 2 heteroatoms. The van der Waals surface area contributed by atoms with Crippen LogP contribution < -0.4 is 0 Å². The quantitative estimate of drug-likeness (QED) is 0.812. The molecule has 0 radical (unpaired) electrons. The van der Waals surface area contributed by atoms with Crippen molar-refractivity contribution < 1.29 is 5.11 Å². The molecule has 0 aliphatic rings. The van der Waals surface area contributed by atoms with E-state index >= 15 is 0 Å². The molecule has 88 valence electrons. The molecule has 1 heterocycles. The van der Waals surface area contributed by atoms with Crippen molar-refractivity contribution in [1.29, 1.82) is 0 Å². The van der Waals surface area contributed by atoms with Gasteiger partial charge in [-0.2, -0.15) is 0 Å². The smallest absolute Gasteiger partial charge is 0.0878 e. The highest BCUT2D eigenvalue weighted by atomic mass is 16.3. The fourth-order valence-electron chi connectivity index (χ4n) is 2.09. The third-order valence-electron chi connectivity index (χ3n) is 3.06. The Morgan fingerprint density at radius 1 is 1.35 bits per heavy atom. The maximum absolute atomic E-state index is 10.5. The number of aliphatic hydroxyl groups is 1. The maximum atomic E-state index is 10.5. The van der Waals surface area contributed by atoms with E-state index in [2.05, 4.69) is 11.6 Å². The molecule has 1 aromatic carbocycles. The van der Waals surface area contributed by atoms with Crippen LogP contribution >= 0.6 is 0 Å². The Morgan fingerprint density at radius 2 is 2.18 bits per heavy atom. The van der Waals surface area contributed by atoms with Crippen molar-refractivity contribution in [2.24, 2.45) is 0 Å². The molecule has 1 N–H and O–H groups in total. The Morgan fingerprint density at radius 3 is 2.94 bits per heavy atom. The van der Waals surface area contributed by atoms with Crippen LogP contribution in [-0.2, 0) is 5.60 Å². The molecule has 1 aromatic heterocycles. The minimum atomic E-state index is -0.837. The summed E-state index contributed by atoms with van der Waals surface area (Å²) in [6, 6.07) is 9.76. The van der Waals surface area contributed by atoms with Crippen molar-refractivity contribution in [2.75, 3.05) is 0 Å². The van der Waals surface area contributed by atoms with Gasteiger partial charge in [0.15, 0.2) is 0 Å². The first kappa shape index (κ1) is 11.8. The van der Waals surface area contributed by atoms with Crippen LogP contribution in [0.15, 0.2) is 49.2 Å². The van der Waals surface area contributed by atoms with Gasteiger partial charge in [0.2, 0.25) is 0 Å². The van der Waals surface area contributed by atoms with Gasteiger partial charge in [-0.1, -0.05) is 24.3 Å². The third kappa shape index (κ3) is 2.37. The van der Waals surface area contributed by atoms with Crippen LogP contribution in [0.2, 0.25) is 0 Å². The van der Waals surface area contributed by atoms with E-state index in [-0.39, 0.29) is 0 Å². The zero-order chi connectivity index (χ0) is 12.3. The second-order valence-electron chi connectivity index (χ2n) is 4.48. The van der Waals surface area contributed by atoms with Gasteiger partial charge >= 0.3 is 0 Å². The number of aromatic nitrogens is 1. The van der Waals surface area contributed by atoms with E-state index in [1.54, 1.807) is 6.20 Å². The summed E-state index contributed by atoms with van der Waals surface area (Å²) in [4.78, 5) is 4.30. The standard InChI is InChI=1S/C15H17NO/c1-3-4-10-15(2,17)13-8-5-9-14-12(13)7-6-11-16-14/h3,5-9,11,17H,1,4,10H2,2H3. The molecule has 2 nitrogen and oxygen atoms in total. The molecular formula is C15H17NO. The summed E-state index contributed by atoms with van der Waals surface area (Å²) in [5.74, 6) is 0. The van der Waals surface area contributed by atoms with Crippen LogP contribution in [0, 0.1) is 0 Å². The summed E-state index contributed by atoms with van der Waals surface area (Å²) in [6.45, 7) is 5.54. The Bertz CT molecular complexity index is 526. The summed E-state index contributed by atoms with van der Waals surface area (Å²) in [5.41, 5.74) is 1.02. The molecule has 0 bridgehead atoms. The molecule has 1 unspecified atom stereocenters. The monoisotopic (exact) mass is 227 g/mol. The second-order valence-corrected chi connectivity index (χ2v) is 4.48. The van der Waals surface area contributed by atoms with Gasteiger partial charge in [-0.25, -0.2) is 0 Å². The summed E-state index contributed by atoms with van der Waals surface area (Å²) in [5, 5.41) is 11.6. The average molecular weight is 227 g/mol. The lowest BCUT2D eigenvalue weighted by molar-refractivity contribution is 0.0503. The number of hydrogen-bond acceptors (Lipinski definition) is 2. The highest BCUT2D eigenvalue weighted by Gasteiger charge is 2.24. The predicted molar refractivity (Wildman–Crippen MR) is 70.7 cm³/mol. The molecule has 0 amide bonds. The van der Waals surface area contributed by atoms with Gasteiger partial charge in [0.25, 0.3) is 0 Å². The fourth-order valence-corrected chi connectivity index (χ4v) is 2.09. The van der Waals surface area contributed by atoms with Gasteiger partial charge in [0.1, 0.15) is 0 Å². The number of allylic oxidation sites excluding steroid dienone is 1. The third-order valence-corrected chi connectivity index (χ3v) is 3.06. The first-order valence-electron chi connectivity index (χ1n) is 5.82. The Kier molecular flexibility index (Phi) is 3.25. The molecule has 1 atom stereocenters. The van der Waals surface area contributed by atoms with Crippen molar-refractivity contribution in [3.8, 4) is 0 Å². The largest absolute Gasteiger partial charge is 0.385 e. The molecule has 0 aliphatic carbocycles. The zero-order valence-corrected chi connectivity index (χ0v) is 10.1. The molecule has 0 spiro atoms. The normalized spacial score (nSPS) is 14.5. The van der Waals surface area contributed by atoms with Crippen LogP contribution in [0.3, 0.4) is 0 Å². The number of benzene rings is 1. The number of nitrogens with zero attached hydrogens (tertiary/aromatic N) is 1. The van der Waals surface area contributed by atoms with Crippen LogP contribution in [0.25, 0.3) is 10.9 Å². The van der Waals surface area contributed by atoms with E-state index in [9.17, 15) is 5.11 Å². The molecule has 0 saturated heterocycles. The van der Waals surface area contributed by atoms with Crippen LogP contribution in [0.5, 0.6) is 0 Å². The number of hydrogen-bond donors (Lipinski definition) is 1. The van der Waals surface area contributed by atoms with Gasteiger partial charge in [0.05, 0.1) is 11.1 Å². The molecule has 2 rings (SSSR count).